The largest absolute Gasteiger partial charge is 0.300 e. The fourth-order valence-corrected chi connectivity index (χ4v) is 3.46. The quantitative estimate of drug-likeness (QED) is 0.517. The van der Waals surface area contributed by atoms with E-state index in [-0.39, 0.29) is 11.5 Å². The van der Waals surface area contributed by atoms with Crippen molar-refractivity contribution in [2.45, 2.75) is 10.9 Å². The summed E-state index contributed by atoms with van der Waals surface area (Å²) in [4.78, 5) is 12.6. The fourth-order valence-electron chi connectivity index (χ4n) is 2.55. The van der Waals surface area contributed by atoms with Gasteiger partial charge in [0.15, 0.2) is 5.16 Å². The highest BCUT2D eigenvalue weighted by atomic mass is 32.2. The number of benzene rings is 2. The Balaban J connectivity index is 1.68. The number of halogens is 2. The predicted octanol–water partition coefficient (Wildman–Crippen LogP) is 3.45. The van der Waals surface area contributed by atoms with Crippen LogP contribution in [0.4, 0.5) is 8.78 Å². The third kappa shape index (κ3) is 2.99. The number of rotatable bonds is 4. The van der Waals surface area contributed by atoms with Crippen LogP contribution in [-0.2, 0) is 5.75 Å². The van der Waals surface area contributed by atoms with Crippen LogP contribution in [0.5, 0.6) is 0 Å². The molecule has 2 heterocycles. The molecule has 0 atom stereocenters. The van der Waals surface area contributed by atoms with Crippen molar-refractivity contribution in [2.24, 2.45) is 0 Å². The van der Waals surface area contributed by atoms with Gasteiger partial charge in [0.2, 0.25) is 5.65 Å². The third-order valence-electron chi connectivity index (χ3n) is 3.84. The van der Waals surface area contributed by atoms with E-state index < -0.39 is 11.4 Å². The minimum atomic E-state index is -0.433. The monoisotopic (exact) mass is 370 g/mol. The van der Waals surface area contributed by atoms with Crippen LogP contribution in [-0.4, -0.2) is 19.2 Å². The molecular formula is C18H12F2N4OS. The van der Waals surface area contributed by atoms with E-state index in [4.69, 9.17) is 0 Å². The summed E-state index contributed by atoms with van der Waals surface area (Å²) in [5.74, 6) is -0.361. The van der Waals surface area contributed by atoms with Gasteiger partial charge in [-0.3, -0.25) is 13.8 Å². The SMILES string of the molecule is O=c1c2nnc(SCc3ccccc3F)n2ccn1-c1cccc(F)c1. The van der Waals surface area contributed by atoms with Crippen LogP contribution >= 0.6 is 11.8 Å². The van der Waals surface area contributed by atoms with Crippen molar-refractivity contribution in [3.8, 4) is 5.69 Å². The molecule has 0 N–H and O–H groups in total. The van der Waals surface area contributed by atoms with Gasteiger partial charge in [-0.2, -0.15) is 0 Å². The molecule has 0 saturated carbocycles. The zero-order valence-corrected chi connectivity index (χ0v) is 14.2. The molecule has 2 aromatic carbocycles. The first kappa shape index (κ1) is 16.5. The summed E-state index contributed by atoms with van der Waals surface area (Å²) in [7, 11) is 0. The zero-order chi connectivity index (χ0) is 18.1. The fraction of sp³-hybridized carbons (Fsp3) is 0.0556. The highest BCUT2D eigenvalue weighted by Crippen LogP contribution is 2.22. The van der Waals surface area contributed by atoms with Crippen LogP contribution in [0.25, 0.3) is 11.3 Å². The van der Waals surface area contributed by atoms with Crippen molar-refractivity contribution < 1.29 is 8.78 Å². The van der Waals surface area contributed by atoms with Gasteiger partial charge in [-0.15, -0.1) is 10.2 Å². The summed E-state index contributed by atoms with van der Waals surface area (Å²) in [6.07, 6.45) is 3.16. The number of thioether (sulfide) groups is 1. The molecule has 0 aliphatic rings. The average molecular weight is 370 g/mol. The summed E-state index contributed by atoms with van der Waals surface area (Å²) in [6, 6.07) is 12.2. The molecule has 0 radical (unpaired) electrons. The van der Waals surface area contributed by atoms with Crippen molar-refractivity contribution in [2.75, 3.05) is 0 Å². The Labute approximate surface area is 150 Å². The second-order valence-corrected chi connectivity index (χ2v) is 6.45. The Bertz CT molecular complexity index is 1160. The first-order valence-corrected chi connectivity index (χ1v) is 8.70. The first-order valence-electron chi connectivity index (χ1n) is 7.72. The van der Waals surface area contributed by atoms with Gasteiger partial charge in [-0.05, 0) is 29.8 Å². The lowest BCUT2D eigenvalue weighted by Gasteiger charge is -2.06. The van der Waals surface area contributed by atoms with Crippen molar-refractivity contribution in [3.05, 3.63) is 88.5 Å². The topological polar surface area (TPSA) is 52.2 Å². The molecular weight excluding hydrogens is 358 g/mol. The highest BCUT2D eigenvalue weighted by molar-refractivity contribution is 7.98. The van der Waals surface area contributed by atoms with Gasteiger partial charge in [-0.1, -0.05) is 36.0 Å². The molecule has 8 heteroatoms. The van der Waals surface area contributed by atoms with E-state index in [9.17, 15) is 13.6 Å². The zero-order valence-electron chi connectivity index (χ0n) is 13.3. The molecule has 2 aromatic heterocycles. The summed E-state index contributed by atoms with van der Waals surface area (Å²) in [5.41, 5.74) is 0.652. The second-order valence-electron chi connectivity index (χ2n) is 5.51. The lowest BCUT2D eigenvalue weighted by atomic mass is 10.2. The van der Waals surface area contributed by atoms with Crippen molar-refractivity contribution in [1.82, 2.24) is 19.2 Å². The Kier molecular flexibility index (Phi) is 4.26. The summed E-state index contributed by atoms with van der Waals surface area (Å²) in [5, 5.41) is 8.43. The number of fused-ring (bicyclic) bond motifs is 1. The van der Waals surface area contributed by atoms with Gasteiger partial charge in [-0.25, -0.2) is 8.78 Å². The summed E-state index contributed by atoms with van der Waals surface area (Å²) >= 11 is 1.28. The molecule has 0 spiro atoms. The van der Waals surface area contributed by atoms with E-state index >= 15 is 0 Å². The summed E-state index contributed by atoms with van der Waals surface area (Å²) < 4.78 is 30.0. The second kappa shape index (κ2) is 6.72. The van der Waals surface area contributed by atoms with Gasteiger partial charge in [0, 0.05) is 18.1 Å². The molecule has 4 rings (SSSR count). The maximum atomic E-state index is 13.7. The van der Waals surface area contributed by atoms with Crippen LogP contribution in [0, 0.1) is 11.6 Å². The van der Waals surface area contributed by atoms with Gasteiger partial charge >= 0.3 is 5.56 Å². The lowest BCUT2D eigenvalue weighted by Crippen LogP contribution is -2.20. The summed E-state index contributed by atoms with van der Waals surface area (Å²) in [6.45, 7) is 0. The maximum absolute atomic E-state index is 13.7. The molecule has 0 bridgehead atoms. The number of hydrogen-bond acceptors (Lipinski definition) is 4. The number of hydrogen-bond donors (Lipinski definition) is 0. The maximum Gasteiger partial charge on any atom is 0.300 e. The molecule has 0 fully saturated rings. The van der Waals surface area contributed by atoms with Crippen molar-refractivity contribution in [3.63, 3.8) is 0 Å². The van der Waals surface area contributed by atoms with Gasteiger partial charge in [0.1, 0.15) is 11.6 Å². The predicted molar refractivity (Wildman–Crippen MR) is 94.5 cm³/mol. The number of aromatic nitrogens is 4. The normalized spacial score (nSPS) is 11.2. The Hall–Kier alpha value is -3.00. The van der Waals surface area contributed by atoms with E-state index in [1.807, 2.05) is 0 Å². The molecule has 0 amide bonds. The minimum Gasteiger partial charge on any atom is -0.279 e. The van der Waals surface area contributed by atoms with Gasteiger partial charge in [0.25, 0.3) is 0 Å². The standard InChI is InChI=1S/C18H12F2N4OS/c19-13-5-3-6-14(10-13)23-8-9-24-16(17(23)25)21-22-18(24)26-11-12-4-1-2-7-15(12)20/h1-10H,11H2. The van der Waals surface area contributed by atoms with Gasteiger partial charge < -0.3 is 0 Å². The van der Waals surface area contributed by atoms with E-state index in [1.54, 1.807) is 34.9 Å². The van der Waals surface area contributed by atoms with Crippen LogP contribution in [0.3, 0.4) is 0 Å². The molecule has 26 heavy (non-hydrogen) atoms. The smallest absolute Gasteiger partial charge is 0.279 e. The van der Waals surface area contributed by atoms with Crippen LogP contribution in [0.2, 0.25) is 0 Å². The molecule has 130 valence electrons. The molecule has 4 aromatic rings. The third-order valence-corrected chi connectivity index (χ3v) is 4.83. The first-order chi connectivity index (χ1) is 12.6. The van der Waals surface area contributed by atoms with E-state index in [0.717, 1.165) is 0 Å². The Morgan fingerprint density at radius 2 is 1.85 bits per heavy atom. The lowest BCUT2D eigenvalue weighted by molar-refractivity contribution is 0.617. The van der Waals surface area contributed by atoms with Crippen LogP contribution in [0.1, 0.15) is 5.56 Å². The molecule has 0 aliphatic heterocycles. The van der Waals surface area contributed by atoms with Crippen molar-refractivity contribution in [1.29, 1.82) is 0 Å². The average Bonchev–Trinajstić information content (AvgIpc) is 3.05. The molecule has 0 aliphatic carbocycles. The molecule has 0 saturated heterocycles. The van der Waals surface area contributed by atoms with Crippen molar-refractivity contribution >= 4 is 17.4 Å². The number of nitrogens with zero attached hydrogens (tertiary/aromatic N) is 4. The van der Waals surface area contributed by atoms with Crippen LogP contribution < -0.4 is 5.56 Å². The Morgan fingerprint density at radius 1 is 1.00 bits per heavy atom. The highest BCUT2D eigenvalue weighted by Gasteiger charge is 2.13. The van der Waals surface area contributed by atoms with Crippen LogP contribution in [0.15, 0.2) is 70.9 Å². The molecule has 0 unspecified atom stereocenters. The van der Waals surface area contributed by atoms with Gasteiger partial charge in [0.05, 0.1) is 5.69 Å². The minimum absolute atomic E-state index is 0.118. The van der Waals surface area contributed by atoms with E-state index in [2.05, 4.69) is 10.2 Å². The van der Waals surface area contributed by atoms with E-state index in [0.29, 0.717) is 22.2 Å². The van der Waals surface area contributed by atoms with E-state index in [1.165, 1.54) is 46.8 Å². The molecule has 5 nitrogen and oxygen atoms in total. The Morgan fingerprint density at radius 3 is 2.65 bits per heavy atom.